The van der Waals surface area contributed by atoms with Crippen LogP contribution in [0.1, 0.15) is 30.0 Å². The number of carbonyl (C=O) groups is 1. The van der Waals surface area contributed by atoms with Crippen molar-refractivity contribution in [1.82, 2.24) is 10.3 Å². The lowest BCUT2D eigenvalue weighted by Gasteiger charge is -2.13. The van der Waals surface area contributed by atoms with E-state index in [9.17, 15) is 4.79 Å². The highest BCUT2D eigenvalue weighted by Crippen LogP contribution is 2.23. The maximum absolute atomic E-state index is 12.0. The molecular weight excluding hydrogens is 328 g/mol. The smallest absolute Gasteiger partial charge is 0.288 e. The van der Waals surface area contributed by atoms with Crippen molar-refractivity contribution in [3.63, 3.8) is 0 Å². The van der Waals surface area contributed by atoms with E-state index in [2.05, 4.69) is 46.7 Å². The lowest BCUT2D eigenvalue weighted by Crippen LogP contribution is -2.33. The zero-order valence-corrected chi connectivity index (χ0v) is 14.9. The highest BCUT2D eigenvalue weighted by molar-refractivity contribution is 5.91. The molecule has 0 aliphatic heterocycles. The van der Waals surface area contributed by atoms with Crippen molar-refractivity contribution >= 4 is 5.91 Å². The van der Waals surface area contributed by atoms with Crippen LogP contribution >= 0.6 is 0 Å². The molecule has 3 aromatic rings. The number of nitrogens with one attached hydrogen (secondary N) is 1. The Hall–Kier alpha value is -3.08. The van der Waals surface area contributed by atoms with Gasteiger partial charge in [0.15, 0.2) is 6.39 Å². The first-order valence-corrected chi connectivity index (χ1v) is 8.67. The van der Waals surface area contributed by atoms with Gasteiger partial charge in [-0.3, -0.25) is 4.79 Å². The van der Waals surface area contributed by atoms with Crippen molar-refractivity contribution in [2.45, 2.75) is 26.3 Å². The quantitative estimate of drug-likeness (QED) is 0.697. The first-order chi connectivity index (χ1) is 12.7. The Balaban J connectivity index is 1.59. The van der Waals surface area contributed by atoms with Crippen molar-refractivity contribution in [3.05, 3.63) is 72.4 Å². The fourth-order valence-corrected chi connectivity index (χ4v) is 2.77. The van der Waals surface area contributed by atoms with Gasteiger partial charge in [-0.25, -0.2) is 4.98 Å². The van der Waals surface area contributed by atoms with Gasteiger partial charge in [-0.2, -0.15) is 0 Å². The van der Waals surface area contributed by atoms with Crippen LogP contribution in [-0.2, 0) is 6.42 Å². The van der Waals surface area contributed by atoms with Crippen molar-refractivity contribution < 1.29 is 13.9 Å². The molecule has 0 bridgehead atoms. The first-order valence-electron chi connectivity index (χ1n) is 8.67. The molecule has 1 N–H and O–H groups in total. The van der Waals surface area contributed by atoms with Crippen molar-refractivity contribution in [2.75, 3.05) is 6.61 Å². The van der Waals surface area contributed by atoms with Gasteiger partial charge in [-0.05, 0) is 49.1 Å². The van der Waals surface area contributed by atoms with Gasteiger partial charge in [0.25, 0.3) is 5.91 Å². The van der Waals surface area contributed by atoms with Crippen LogP contribution in [0.2, 0.25) is 0 Å². The zero-order valence-electron chi connectivity index (χ0n) is 14.9. The van der Waals surface area contributed by atoms with E-state index < -0.39 is 0 Å². The Morgan fingerprint density at radius 1 is 1.12 bits per heavy atom. The average Bonchev–Trinajstić information content (AvgIpc) is 3.18. The zero-order chi connectivity index (χ0) is 18.4. The number of nitrogens with zero attached hydrogens (tertiary/aromatic N) is 1. The Labute approximate surface area is 153 Å². The summed E-state index contributed by atoms with van der Waals surface area (Å²) in [6, 6.07) is 16.4. The molecule has 3 rings (SSSR count). The van der Waals surface area contributed by atoms with E-state index in [1.165, 1.54) is 12.6 Å². The van der Waals surface area contributed by atoms with Gasteiger partial charge in [-0.1, -0.05) is 36.4 Å². The van der Waals surface area contributed by atoms with E-state index in [0.29, 0.717) is 6.61 Å². The monoisotopic (exact) mass is 350 g/mol. The largest absolute Gasteiger partial charge is 0.494 e. The number of rotatable bonds is 7. The van der Waals surface area contributed by atoms with Crippen molar-refractivity contribution in [2.24, 2.45) is 0 Å². The van der Waals surface area contributed by atoms with Crippen LogP contribution in [-0.4, -0.2) is 23.5 Å². The van der Waals surface area contributed by atoms with E-state index >= 15 is 0 Å². The number of hydrogen-bond acceptors (Lipinski definition) is 4. The second kappa shape index (κ2) is 8.34. The molecule has 134 valence electrons. The Morgan fingerprint density at radius 3 is 2.35 bits per heavy atom. The van der Waals surface area contributed by atoms with E-state index in [0.717, 1.165) is 28.9 Å². The molecule has 2 aromatic carbocycles. The minimum absolute atomic E-state index is 0.0103. The highest BCUT2D eigenvalue weighted by atomic mass is 16.5. The minimum atomic E-state index is -0.249. The van der Waals surface area contributed by atoms with Gasteiger partial charge in [-0.15, -0.1) is 0 Å². The van der Waals surface area contributed by atoms with Crippen molar-refractivity contribution in [3.8, 4) is 16.9 Å². The first kappa shape index (κ1) is 17.7. The van der Waals surface area contributed by atoms with E-state index in [-0.39, 0.29) is 17.7 Å². The molecule has 1 amide bonds. The highest BCUT2D eigenvalue weighted by Gasteiger charge is 2.13. The fraction of sp³-hybridized carbons (Fsp3) is 0.238. The summed E-state index contributed by atoms with van der Waals surface area (Å²) < 4.78 is 10.5. The predicted octanol–water partition coefficient (Wildman–Crippen LogP) is 4.10. The number of ether oxygens (including phenoxy) is 1. The third-order valence-corrected chi connectivity index (χ3v) is 4.03. The molecule has 1 unspecified atom stereocenters. The summed E-state index contributed by atoms with van der Waals surface area (Å²) in [6.07, 6.45) is 3.40. The lowest BCUT2D eigenvalue weighted by atomic mass is 10.0. The molecule has 5 heteroatoms. The van der Waals surface area contributed by atoms with E-state index in [1.807, 2.05) is 26.0 Å². The third kappa shape index (κ3) is 4.51. The fourth-order valence-electron chi connectivity index (χ4n) is 2.77. The van der Waals surface area contributed by atoms with Gasteiger partial charge in [0.2, 0.25) is 5.76 Å². The van der Waals surface area contributed by atoms with Gasteiger partial charge in [0.1, 0.15) is 5.75 Å². The van der Waals surface area contributed by atoms with Gasteiger partial charge in [0.05, 0.1) is 12.8 Å². The van der Waals surface area contributed by atoms with E-state index in [1.54, 1.807) is 0 Å². The number of oxazole rings is 1. The second-order valence-electron chi connectivity index (χ2n) is 6.10. The van der Waals surface area contributed by atoms with Gasteiger partial charge < -0.3 is 14.5 Å². The molecule has 0 saturated carbocycles. The molecular formula is C21H22N2O3. The second-order valence-corrected chi connectivity index (χ2v) is 6.10. The predicted molar refractivity (Wildman–Crippen MR) is 100 cm³/mol. The van der Waals surface area contributed by atoms with Gasteiger partial charge >= 0.3 is 0 Å². The summed E-state index contributed by atoms with van der Waals surface area (Å²) in [5.41, 5.74) is 3.45. The molecule has 0 saturated heterocycles. The van der Waals surface area contributed by atoms with Crippen LogP contribution in [0.25, 0.3) is 11.1 Å². The standard InChI is InChI=1S/C21H22N2O3/c1-3-25-19-10-8-18(9-11-19)17-6-4-16(5-7-17)12-15(2)23-21(24)20-13-22-14-26-20/h4-11,13-15H,3,12H2,1-2H3,(H,23,24). The van der Waals surface area contributed by atoms with Crippen LogP contribution < -0.4 is 10.1 Å². The summed E-state index contributed by atoms with van der Waals surface area (Å²) in [6.45, 7) is 4.61. The maximum Gasteiger partial charge on any atom is 0.288 e. The number of amides is 1. The Bertz CT molecular complexity index is 825. The van der Waals surface area contributed by atoms with Crippen LogP contribution in [0.4, 0.5) is 0 Å². The molecule has 1 aromatic heterocycles. The van der Waals surface area contributed by atoms with Crippen LogP contribution in [0.3, 0.4) is 0 Å². The minimum Gasteiger partial charge on any atom is -0.494 e. The molecule has 0 radical (unpaired) electrons. The molecule has 0 aliphatic rings. The normalized spacial score (nSPS) is 11.8. The number of carbonyl (C=O) groups excluding carboxylic acids is 1. The van der Waals surface area contributed by atoms with Gasteiger partial charge in [0, 0.05) is 6.04 Å². The summed E-state index contributed by atoms with van der Waals surface area (Å²) in [5.74, 6) is 0.855. The molecule has 1 heterocycles. The Morgan fingerprint density at radius 2 is 1.77 bits per heavy atom. The van der Waals surface area contributed by atoms with Crippen molar-refractivity contribution in [1.29, 1.82) is 0 Å². The average molecular weight is 350 g/mol. The van der Waals surface area contributed by atoms with Crippen LogP contribution in [0.5, 0.6) is 5.75 Å². The van der Waals surface area contributed by atoms with E-state index in [4.69, 9.17) is 9.15 Å². The topological polar surface area (TPSA) is 64.4 Å². The summed E-state index contributed by atoms with van der Waals surface area (Å²) >= 11 is 0. The molecule has 0 aliphatic carbocycles. The SMILES string of the molecule is CCOc1ccc(-c2ccc(CC(C)NC(=O)c3cnco3)cc2)cc1. The van der Waals surface area contributed by atoms with Crippen LogP contribution in [0, 0.1) is 0 Å². The number of hydrogen-bond donors (Lipinski definition) is 1. The number of benzene rings is 2. The summed E-state index contributed by atoms with van der Waals surface area (Å²) in [4.78, 5) is 15.7. The van der Waals surface area contributed by atoms with Crippen LogP contribution in [0.15, 0.2) is 65.5 Å². The molecule has 0 fully saturated rings. The molecule has 26 heavy (non-hydrogen) atoms. The Kier molecular flexibility index (Phi) is 5.69. The lowest BCUT2D eigenvalue weighted by molar-refractivity contribution is 0.0912. The number of aromatic nitrogens is 1. The maximum atomic E-state index is 12.0. The summed E-state index contributed by atoms with van der Waals surface area (Å²) in [7, 11) is 0. The molecule has 5 nitrogen and oxygen atoms in total. The third-order valence-electron chi connectivity index (χ3n) is 4.03. The molecule has 1 atom stereocenters. The molecule has 0 spiro atoms. The summed E-state index contributed by atoms with van der Waals surface area (Å²) in [5, 5.41) is 2.91.